The molecule has 4 nitrogen and oxygen atoms in total. The van der Waals surface area contributed by atoms with Crippen LogP contribution in [-0.4, -0.2) is 28.7 Å². The largest absolute Gasteiger partial charge is 0.479 e. The van der Waals surface area contributed by atoms with Crippen LogP contribution in [0.25, 0.3) is 0 Å². The molecule has 0 heterocycles. The molecule has 0 spiro atoms. The fourth-order valence-corrected chi connectivity index (χ4v) is 2.22. The molecule has 0 bridgehead atoms. The summed E-state index contributed by atoms with van der Waals surface area (Å²) in [5, 5.41) is 10.3. The van der Waals surface area contributed by atoms with E-state index in [0.29, 0.717) is 19.3 Å². The first-order valence-corrected chi connectivity index (χ1v) is 6.28. The van der Waals surface area contributed by atoms with E-state index in [4.69, 9.17) is 5.11 Å². The zero-order chi connectivity index (χ0) is 14.7. The van der Waals surface area contributed by atoms with Gasteiger partial charge in [0, 0.05) is 6.42 Å². The van der Waals surface area contributed by atoms with Gasteiger partial charge < -0.3 is 10.4 Å². The monoisotopic (exact) mass is 281 g/mol. The van der Waals surface area contributed by atoms with E-state index >= 15 is 0 Å². The Labute approximate surface area is 109 Å². The number of aliphatic carboxylic acids is 1. The fourth-order valence-electron chi connectivity index (χ4n) is 2.22. The number of amides is 1. The molecule has 1 saturated carbocycles. The number of hydrogen-bond donors (Lipinski definition) is 2. The highest BCUT2D eigenvalue weighted by Crippen LogP contribution is 2.31. The second-order valence-corrected chi connectivity index (χ2v) is 5.17. The maximum atomic E-state index is 12.7. The molecule has 1 aliphatic rings. The van der Waals surface area contributed by atoms with Gasteiger partial charge in [-0.1, -0.05) is 25.7 Å². The van der Waals surface area contributed by atoms with Gasteiger partial charge in [0.2, 0.25) is 11.4 Å². The zero-order valence-electron chi connectivity index (χ0n) is 10.7. The second-order valence-electron chi connectivity index (χ2n) is 5.17. The molecule has 2 N–H and O–H groups in total. The van der Waals surface area contributed by atoms with E-state index in [1.54, 1.807) is 5.32 Å². The molecule has 0 aromatic heterocycles. The highest BCUT2D eigenvalue weighted by molar-refractivity contribution is 5.87. The third-order valence-corrected chi connectivity index (χ3v) is 3.64. The van der Waals surface area contributed by atoms with Crippen molar-refractivity contribution in [3.05, 3.63) is 0 Å². The summed E-state index contributed by atoms with van der Waals surface area (Å²) in [5.74, 6) is -2.60. The van der Waals surface area contributed by atoms with Crippen molar-refractivity contribution in [3.63, 3.8) is 0 Å². The summed E-state index contributed by atoms with van der Waals surface area (Å²) in [5.41, 5.74) is -3.22. The highest BCUT2D eigenvalue weighted by Gasteiger charge is 2.58. The average molecular weight is 281 g/mol. The quantitative estimate of drug-likeness (QED) is 0.813. The first-order valence-electron chi connectivity index (χ1n) is 6.28. The Hall–Kier alpha value is -1.27. The number of hydrogen-bond acceptors (Lipinski definition) is 2. The molecule has 7 heteroatoms. The molecule has 1 fully saturated rings. The van der Waals surface area contributed by atoms with E-state index in [0.717, 1.165) is 25.7 Å². The van der Waals surface area contributed by atoms with Gasteiger partial charge in [0.15, 0.2) is 0 Å². The first-order chi connectivity index (χ1) is 8.67. The second kappa shape index (κ2) is 5.79. The molecule has 19 heavy (non-hydrogen) atoms. The van der Waals surface area contributed by atoms with Gasteiger partial charge >= 0.3 is 12.1 Å². The van der Waals surface area contributed by atoms with Gasteiger partial charge in [-0.2, -0.15) is 13.2 Å². The lowest BCUT2D eigenvalue weighted by Gasteiger charge is -2.28. The van der Waals surface area contributed by atoms with Crippen molar-refractivity contribution >= 4 is 11.9 Å². The highest BCUT2D eigenvalue weighted by atomic mass is 19.4. The Bertz CT molecular complexity index is 351. The standard InChI is InChI=1S/C12H18F3NO3/c1-11(10(18)19,12(13,14)15)16-9(17)7-6-8-4-2-3-5-8/h8H,2-7H2,1H3,(H,16,17)(H,18,19). The summed E-state index contributed by atoms with van der Waals surface area (Å²) >= 11 is 0. The molecular weight excluding hydrogens is 263 g/mol. The minimum absolute atomic E-state index is 0.0659. The first kappa shape index (κ1) is 15.8. The van der Waals surface area contributed by atoms with Gasteiger partial charge in [-0.15, -0.1) is 0 Å². The van der Waals surface area contributed by atoms with Crippen molar-refractivity contribution in [1.82, 2.24) is 5.32 Å². The number of carbonyl (C=O) groups is 2. The van der Waals surface area contributed by atoms with E-state index in [-0.39, 0.29) is 6.42 Å². The van der Waals surface area contributed by atoms with Crippen molar-refractivity contribution in [2.24, 2.45) is 5.92 Å². The van der Waals surface area contributed by atoms with Crippen LogP contribution >= 0.6 is 0 Å². The lowest BCUT2D eigenvalue weighted by Crippen LogP contribution is -2.61. The molecule has 1 atom stereocenters. The van der Waals surface area contributed by atoms with Crippen molar-refractivity contribution in [2.45, 2.75) is 57.2 Å². The molecular formula is C12H18F3NO3. The lowest BCUT2D eigenvalue weighted by molar-refractivity contribution is -0.207. The van der Waals surface area contributed by atoms with Gasteiger partial charge in [0.05, 0.1) is 0 Å². The Morgan fingerprint density at radius 1 is 1.26 bits per heavy atom. The average Bonchev–Trinajstić information content (AvgIpc) is 2.77. The molecule has 0 aliphatic heterocycles. The minimum atomic E-state index is -5.03. The summed E-state index contributed by atoms with van der Waals surface area (Å²) in [6.45, 7) is 0.461. The van der Waals surface area contributed by atoms with Gasteiger partial charge in [-0.3, -0.25) is 4.79 Å². The third-order valence-electron chi connectivity index (χ3n) is 3.64. The molecule has 1 rings (SSSR count). The Balaban J connectivity index is 2.54. The van der Waals surface area contributed by atoms with Crippen molar-refractivity contribution < 1.29 is 27.9 Å². The summed E-state index contributed by atoms with van der Waals surface area (Å²) in [6, 6.07) is 0. The Morgan fingerprint density at radius 2 is 1.79 bits per heavy atom. The molecule has 0 saturated heterocycles. The van der Waals surface area contributed by atoms with Crippen LogP contribution < -0.4 is 5.32 Å². The van der Waals surface area contributed by atoms with Crippen LogP contribution in [0.15, 0.2) is 0 Å². The predicted octanol–water partition coefficient (Wildman–Crippen LogP) is 2.48. The van der Waals surface area contributed by atoms with Gasteiger partial charge in [0.25, 0.3) is 0 Å². The molecule has 1 unspecified atom stereocenters. The van der Waals surface area contributed by atoms with Crippen LogP contribution in [0.5, 0.6) is 0 Å². The molecule has 110 valence electrons. The van der Waals surface area contributed by atoms with Gasteiger partial charge in [-0.25, -0.2) is 4.79 Å². The third kappa shape index (κ3) is 3.84. The van der Waals surface area contributed by atoms with Crippen LogP contribution in [0.1, 0.15) is 45.4 Å². The van der Waals surface area contributed by atoms with Crippen LogP contribution in [-0.2, 0) is 9.59 Å². The topological polar surface area (TPSA) is 66.4 Å². The number of carbonyl (C=O) groups excluding carboxylic acids is 1. The van der Waals surface area contributed by atoms with Gasteiger partial charge in [0.1, 0.15) is 0 Å². The van der Waals surface area contributed by atoms with E-state index in [9.17, 15) is 22.8 Å². The summed E-state index contributed by atoms with van der Waals surface area (Å²) < 4.78 is 38.0. The van der Waals surface area contributed by atoms with Crippen molar-refractivity contribution in [2.75, 3.05) is 0 Å². The number of nitrogens with one attached hydrogen (secondary N) is 1. The normalized spacial score (nSPS) is 20.0. The summed E-state index contributed by atoms with van der Waals surface area (Å²) in [6.07, 6.45) is -0.431. The SMILES string of the molecule is CC(NC(=O)CCC1CCCC1)(C(=O)O)C(F)(F)F. The molecule has 0 radical (unpaired) electrons. The van der Waals surface area contributed by atoms with E-state index < -0.39 is 23.6 Å². The molecule has 0 aromatic carbocycles. The maximum Gasteiger partial charge on any atom is 0.422 e. The maximum absolute atomic E-state index is 12.7. The van der Waals surface area contributed by atoms with E-state index in [1.807, 2.05) is 0 Å². The van der Waals surface area contributed by atoms with E-state index in [2.05, 4.69) is 0 Å². The molecule has 1 amide bonds. The van der Waals surface area contributed by atoms with Crippen LogP contribution in [0, 0.1) is 5.92 Å². The minimum Gasteiger partial charge on any atom is -0.479 e. The smallest absolute Gasteiger partial charge is 0.422 e. The lowest BCUT2D eigenvalue weighted by atomic mass is 9.99. The van der Waals surface area contributed by atoms with Crippen molar-refractivity contribution in [3.8, 4) is 0 Å². The number of carboxylic acid groups (broad SMARTS) is 1. The number of alkyl halides is 3. The summed E-state index contributed by atoms with van der Waals surface area (Å²) in [4.78, 5) is 22.2. The van der Waals surface area contributed by atoms with Crippen LogP contribution in [0.4, 0.5) is 13.2 Å². The number of halogens is 3. The zero-order valence-corrected chi connectivity index (χ0v) is 10.7. The predicted molar refractivity (Wildman–Crippen MR) is 61.4 cm³/mol. The summed E-state index contributed by atoms with van der Waals surface area (Å²) in [7, 11) is 0. The van der Waals surface area contributed by atoms with Crippen LogP contribution in [0.2, 0.25) is 0 Å². The Kier molecular flexibility index (Phi) is 4.81. The van der Waals surface area contributed by atoms with E-state index in [1.165, 1.54) is 0 Å². The number of rotatable bonds is 5. The number of carboxylic acids is 1. The van der Waals surface area contributed by atoms with Crippen LogP contribution in [0.3, 0.4) is 0 Å². The fraction of sp³-hybridized carbons (Fsp3) is 0.833. The Morgan fingerprint density at radius 3 is 2.21 bits per heavy atom. The van der Waals surface area contributed by atoms with Gasteiger partial charge in [-0.05, 0) is 19.3 Å². The molecule has 0 aromatic rings. The molecule has 1 aliphatic carbocycles. The van der Waals surface area contributed by atoms with Crippen molar-refractivity contribution in [1.29, 1.82) is 0 Å².